The van der Waals surface area contributed by atoms with Gasteiger partial charge in [0.25, 0.3) is 0 Å². The highest BCUT2D eigenvalue weighted by molar-refractivity contribution is 6.30. The van der Waals surface area contributed by atoms with Gasteiger partial charge in [0.05, 0.1) is 6.54 Å². The van der Waals surface area contributed by atoms with Gasteiger partial charge in [-0.05, 0) is 57.9 Å². The molecule has 8 nitrogen and oxygen atoms in total. The summed E-state index contributed by atoms with van der Waals surface area (Å²) in [5.74, 6) is 0.677. The molecule has 0 unspecified atom stereocenters. The van der Waals surface area contributed by atoms with Crippen LogP contribution in [0.3, 0.4) is 0 Å². The van der Waals surface area contributed by atoms with Crippen LogP contribution in [-0.2, 0) is 16.1 Å². The highest BCUT2D eigenvalue weighted by Crippen LogP contribution is 2.29. The van der Waals surface area contributed by atoms with E-state index in [4.69, 9.17) is 20.8 Å². The minimum absolute atomic E-state index is 0.0743. The van der Waals surface area contributed by atoms with E-state index in [-0.39, 0.29) is 31.5 Å². The molecule has 9 heteroatoms. The number of alkyl carbamates (subject to hydrolysis) is 1. The van der Waals surface area contributed by atoms with E-state index < -0.39 is 11.7 Å². The molecule has 0 spiro atoms. The maximum absolute atomic E-state index is 12.6. The Morgan fingerprint density at radius 3 is 2.55 bits per heavy atom. The summed E-state index contributed by atoms with van der Waals surface area (Å²) in [6.07, 6.45) is 1.54. The molecule has 0 atom stereocenters. The van der Waals surface area contributed by atoms with Crippen molar-refractivity contribution in [3.8, 4) is 11.5 Å². The van der Waals surface area contributed by atoms with Crippen LogP contribution in [0.15, 0.2) is 28.7 Å². The fraction of sp³-hybridized carbons (Fsp3) is 0.500. The van der Waals surface area contributed by atoms with E-state index in [2.05, 4.69) is 15.5 Å². The number of nitrogens with zero attached hydrogens (tertiary/aromatic N) is 3. The van der Waals surface area contributed by atoms with E-state index in [0.717, 1.165) is 18.4 Å². The van der Waals surface area contributed by atoms with Crippen molar-refractivity contribution in [1.29, 1.82) is 0 Å². The number of hydrogen-bond acceptors (Lipinski definition) is 6. The third-order valence-corrected chi connectivity index (χ3v) is 4.43. The predicted octanol–water partition coefficient (Wildman–Crippen LogP) is 3.80. The number of nitrogens with one attached hydrogen (secondary N) is 1. The Morgan fingerprint density at radius 2 is 1.93 bits per heavy atom. The number of ether oxygens (including phenoxy) is 1. The van der Waals surface area contributed by atoms with E-state index in [9.17, 15) is 9.59 Å². The summed E-state index contributed by atoms with van der Waals surface area (Å²) < 4.78 is 10.9. The van der Waals surface area contributed by atoms with Crippen molar-refractivity contribution in [2.24, 2.45) is 0 Å². The molecule has 0 radical (unpaired) electrons. The Hall–Kier alpha value is -2.61. The van der Waals surface area contributed by atoms with Crippen molar-refractivity contribution in [2.45, 2.75) is 58.2 Å². The van der Waals surface area contributed by atoms with Gasteiger partial charge in [0.1, 0.15) is 5.60 Å². The normalized spacial score (nSPS) is 13.8. The fourth-order valence-corrected chi connectivity index (χ4v) is 2.83. The summed E-state index contributed by atoms with van der Waals surface area (Å²) in [6.45, 7) is 5.81. The molecule has 2 amide bonds. The van der Waals surface area contributed by atoms with Gasteiger partial charge in [-0.2, -0.15) is 0 Å². The van der Waals surface area contributed by atoms with Crippen molar-refractivity contribution in [3.05, 3.63) is 35.2 Å². The average molecular weight is 421 g/mol. The maximum atomic E-state index is 12.6. The molecular weight excluding hydrogens is 396 g/mol. The van der Waals surface area contributed by atoms with Crippen LogP contribution in [0, 0.1) is 0 Å². The molecule has 3 rings (SSSR count). The van der Waals surface area contributed by atoms with Gasteiger partial charge in [0.2, 0.25) is 17.7 Å². The summed E-state index contributed by atoms with van der Waals surface area (Å²) in [5, 5.41) is 11.4. The molecule has 0 saturated heterocycles. The highest BCUT2D eigenvalue weighted by atomic mass is 35.5. The zero-order valence-corrected chi connectivity index (χ0v) is 17.5. The monoisotopic (exact) mass is 420 g/mol. The van der Waals surface area contributed by atoms with Crippen LogP contribution in [0.5, 0.6) is 0 Å². The van der Waals surface area contributed by atoms with Gasteiger partial charge in [-0.1, -0.05) is 11.6 Å². The standard InChI is InChI=1S/C20H25ClN4O4/c1-20(2,3)29-19(27)22-11-10-17(26)25(15-8-9-15)12-16-23-24-18(28-16)13-4-6-14(21)7-5-13/h4-7,15H,8-12H2,1-3H3,(H,22,27). The number of carbonyl (C=O) groups excluding carboxylic acids is 2. The SMILES string of the molecule is CC(C)(C)OC(=O)NCCC(=O)N(Cc1nnc(-c2ccc(Cl)cc2)o1)C1CC1. The lowest BCUT2D eigenvalue weighted by Gasteiger charge is -2.22. The summed E-state index contributed by atoms with van der Waals surface area (Å²) in [4.78, 5) is 26.1. The lowest BCUT2D eigenvalue weighted by Crippen LogP contribution is -2.37. The second kappa shape index (κ2) is 8.82. The van der Waals surface area contributed by atoms with Gasteiger partial charge in [-0.15, -0.1) is 10.2 Å². The third kappa shape index (κ3) is 6.45. The zero-order chi connectivity index (χ0) is 21.0. The largest absolute Gasteiger partial charge is 0.444 e. The quantitative estimate of drug-likeness (QED) is 0.731. The van der Waals surface area contributed by atoms with Gasteiger partial charge in [0.15, 0.2) is 0 Å². The highest BCUT2D eigenvalue weighted by Gasteiger charge is 2.33. The van der Waals surface area contributed by atoms with Crippen molar-refractivity contribution >= 4 is 23.6 Å². The molecule has 2 aromatic rings. The number of amides is 2. The second-order valence-corrected chi connectivity index (χ2v) is 8.38. The number of rotatable bonds is 7. The molecule has 1 aromatic carbocycles. The van der Waals surface area contributed by atoms with E-state index in [1.165, 1.54) is 0 Å². The van der Waals surface area contributed by atoms with Crippen LogP contribution in [0.4, 0.5) is 4.79 Å². The number of aromatic nitrogens is 2. The Labute approximate surface area is 174 Å². The Morgan fingerprint density at radius 1 is 1.24 bits per heavy atom. The number of benzene rings is 1. The minimum Gasteiger partial charge on any atom is -0.444 e. The second-order valence-electron chi connectivity index (χ2n) is 7.94. The number of hydrogen-bond donors (Lipinski definition) is 1. The van der Waals surface area contributed by atoms with Crippen molar-refractivity contribution in [1.82, 2.24) is 20.4 Å². The van der Waals surface area contributed by atoms with Gasteiger partial charge in [-0.25, -0.2) is 4.79 Å². The van der Waals surface area contributed by atoms with Crippen LogP contribution in [0.25, 0.3) is 11.5 Å². The molecule has 29 heavy (non-hydrogen) atoms. The van der Waals surface area contributed by atoms with E-state index in [1.54, 1.807) is 49.9 Å². The smallest absolute Gasteiger partial charge is 0.407 e. The fourth-order valence-electron chi connectivity index (χ4n) is 2.71. The summed E-state index contributed by atoms with van der Waals surface area (Å²) >= 11 is 5.90. The molecule has 1 fully saturated rings. The topological polar surface area (TPSA) is 97.6 Å². The predicted molar refractivity (Wildman–Crippen MR) is 107 cm³/mol. The van der Waals surface area contributed by atoms with Crippen molar-refractivity contribution in [2.75, 3.05) is 6.54 Å². The average Bonchev–Trinajstić information content (AvgIpc) is 3.36. The van der Waals surface area contributed by atoms with Gasteiger partial charge < -0.3 is 19.4 Å². The van der Waals surface area contributed by atoms with E-state index in [0.29, 0.717) is 16.8 Å². The van der Waals surface area contributed by atoms with Crippen LogP contribution < -0.4 is 5.32 Å². The van der Waals surface area contributed by atoms with Gasteiger partial charge >= 0.3 is 6.09 Å². The number of carbonyl (C=O) groups is 2. The van der Waals surface area contributed by atoms with E-state index in [1.807, 2.05) is 0 Å². The third-order valence-electron chi connectivity index (χ3n) is 4.18. The van der Waals surface area contributed by atoms with Crippen molar-refractivity contribution < 1.29 is 18.7 Å². The lowest BCUT2D eigenvalue weighted by molar-refractivity contribution is -0.132. The molecule has 1 saturated carbocycles. The summed E-state index contributed by atoms with van der Waals surface area (Å²) in [5.41, 5.74) is 0.187. The van der Waals surface area contributed by atoms with Gasteiger partial charge in [-0.3, -0.25) is 4.79 Å². The maximum Gasteiger partial charge on any atom is 0.407 e. The van der Waals surface area contributed by atoms with Crippen LogP contribution in [-0.4, -0.2) is 45.3 Å². The van der Waals surface area contributed by atoms with Crippen LogP contribution >= 0.6 is 11.6 Å². The molecule has 1 N–H and O–H groups in total. The minimum atomic E-state index is -0.576. The molecule has 1 aliphatic carbocycles. The first-order valence-corrected chi connectivity index (χ1v) is 9.94. The van der Waals surface area contributed by atoms with E-state index >= 15 is 0 Å². The summed E-state index contributed by atoms with van der Waals surface area (Å²) in [6, 6.07) is 7.27. The Bertz CT molecular complexity index is 856. The molecule has 156 valence electrons. The first-order chi connectivity index (χ1) is 13.7. The molecule has 1 aromatic heterocycles. The Kier molecular flexibility index (Phi) is 6.42. The molecule has 1 aliphatic rings. The summed E-state index contributed by atoms with van der Waals surface area (Å²) in [7, 11) is 0. The first kappa shape index (κ1) is 21.1. The van der Waals surface area contributed by atoms with Crippen LogP contribution in [0.1, 0.15) is 45.9 Å². The number of halogens is 1. The molecular formula is C20H25ClN4O4. The van der Waals surface area contributed by atoms with Crippen LogP contribution in [0.2, 0.25) is 5.02 Å². The first-order valence-electron chi connectivity index (χ1n) is 9.56. The lowest BCUT2D eigenvalue weighted by atomic mass is 10.2. The molecule has 0 aliphatic heterocycles. The van der Waals surface area contributed by atoms with Gasteiger partial charge in [0, 0.05) is 29.6 Å². The Balaban J connectivity index is 1.54. The zero-order valence-electron chi connectivity index (χ0n) is 16.8. The van der Waals surface area contributed by atoms with Crippen molar-refractivity contribution in [3.63, 3.8) is 0 Å². The molecule has 0 bridgehead atoms. The molecule has 1 heterocycles.